The first-order valence-corrected chi connectivity index (χ1v) is 14.3. The van der Waals surface area contributed by atoms with Crippen molar-refractivity contribution >= 4 is 38.2 Å². The van der Waals surface area contributed by atoms with Crippen molar-refractivity contribution in [3.05, 3.63) is 121 Å². The zero-order valence-electron chi connectivity index (χ0n) is 23.8. The Morgan fingerprint density at radius 2 is 1.36 bits per heavy atom. The Balaban J connectivity index is 1.40. The molecule has 4 heteroatoms. The molecule has 0 amide bonds. The predicted molar refractivity (Wildman–Crippen MR) is 173 cm³/mol. The van der Waals surface area contributed by atoms with Crippen molar-refractivity contribution in [1.82, 2.24) is 14.4 Å². The van der Waals surface area contributed by atoms with Gasteiger partial charge >= 0.3 is 0 Å². The van der Waals surface area contributed by atoms with Gasteiger partial charge in [-0.1, -0.05) is 93.6 Å². The average molecular weight is 544 g/mol. The van der Waals surface area contributed by atoms with Crippen LogP contribution in [0.5, 0.6) is 5.75 Å². The van der Waals surface area contributed by atoms with Gasteiger partial charge < -0.3 is 5.11 Å². The quantitative estimate of drug-likeness (QED) is 0.241. The van der Waals surface area contributed by atoms with E-state index < -0.39 is 0 Å². The summed E-state index contributed by atoms with van der Waals surface area (Å²) < 4.78 is 2.29. The van der Waals surface area contributed by atoms with E-state index in [0.29, 0.717) is 0 Å². The number of para-hydroxylation sites is 2. The van der Waals surface area contributed by atoms with Gasteiger partial charge in [0.15, 0.2) is 0 Å². The van der Waals surface area contributed by atoms with E-state index in [1.165, 1.54) is 21.7 Å². The molecule has 0 radical (unpaired) electrons. The van der Waals surface area contributed by atoms with Gasteiger partial charge in [-0.25, -0.2) is 9.97 Å². The van der Waals surface area contributed by atoms with E-state index in [-0.39, 0.29) is 11.2 Å². The van der Waals surface area contributed by atoms with Crippen LogP contribution in [0.4, 0.5) is 0 Å². The van der Waals surface area contributed by atoms with Gasteiger partial charge in [0.05, 0.1) is 22.4 Å². The lowest BCUT2D eigenvalue weighted by Gasteiger charge is -2.22. The summed E-state index contributed by atoms with van der Waals surface area (Å²) in [7, 11) is 0. The Morgan fingerprint density at radius 3 is 2.17 bits per heavy atom. The SMILES string of the molecule is CC(C)(C)c1cccc(-c2cc(-c3ccccc3)cc(-c3ccc4c5cccc6c7cccnc7n(c4c3)c56)n2)c1O. The maximum absolute atomic E-state index is 11.4. The molecule has 202 valence electrons. The minimum Gasteiger partial charge on any atom is -0.507 e. The maximum Gasteiger partial charge on any atom is 0.145 e. The van der Waals surface area contributed by atoms with Crippen LogP contribution in [-0.2, 0) is 5.41 Å². The highest BCUT2D eigenvalue weighted by atomic mass is 16.3. The zero-order valence-corrected chi connectivity index (χ0v) is 23.8. The summed E-state index contributed by atoms with van der Waals surface area (Å²) in [4.78, 5) is 9.96. The van der Waals surface area contributed by atoms with Gasteiger partial charge in [-0.05, 0) is 58.5 Å². The third kappa shape index (κ3) is 3.61. The average Bonchev–Trinajstić information content (AvgIpc) is 3.53. The van der Waals surface area contributed by atoms with E-state index in [2.05, 4.69) is 104 Å². The number of hydrogen-bond donors (Lipinski definition) is 1. The van der Waals surface area contributed by atoms with Crippen LogP contribution in [0.15, 0.2) is 115 Å². The first-order chi connectivity index (χ1) is 20.4. The van der Waals surface area contributed by atoms with Crippen LogP contribution in [0.3, 0.4) is 0 Å². The highest BCUT2D eigenvalue weighted by Gasteiger charge is 2.22. The number of hydrogen-bond acceptors (Lipinski definition) is 3. The molecule has 0 bridgehead atoms. The molecular formula is C38H29N3O. The summed E-state index contributed by atoms with van der Waals surface area (Å²) >= 11 is 0. The first-order valence-electron chi connectivity index (χ1n) is 14.3. The molecule has 0 aliphatic heterocycles. The molecule has 0 unspecified atom stereocenters. The molecule has 0 spiro atoms. The molecule has 4 aromatic carbocycles. The van der Waals surface area contributed by atoms with Crippen LogP contribution in [0, 0.1) is 0 Å². The van der Waals surface area contributed by atoms with Gasteiger partial charge in [0.25, 0.3) is 0 Å². The number of fused-ring (bicyclic) bond motifs is 6. The minimum absolute atomic E-state index is 0.201. The topological polar surface area (TPSA) is 50.4 Å². The van der Waals surface area contributed by atoms with Gasteiger partial charge in [0, 0.05) is 38.9 Å². The summed E-state index contributed by atoms with van der Waals surface area (Å²) in [5.74, 6) is 0.283. The van der Waals surface area contributed by atoms with Crippen LogP contribution in [0.25, 0.3) is 71.9 Å². The number of nitrogens with zero attached hydrogens (tertiary/aromatic N) is 3. The number of benzene rings is 4. The predicted octanol–water partition coefficient (Wildman–Crippen LogP) is 9.63. The van der Waals surface area contributed by atoms with E-state index >= 15 is 0 Å². The molecular weight excluding hydrogens is 514 g/mol. The molecule has 8 rings (SSSR count). The van der Waals surface area contributed by atoms with Gasteiger partial charge in [-0.2, -0.15) is 0 Å². The van der Waals surface area contributed by atoms with Crippen molar-refractivity contribution < 1.29 is 5.11 Å². The number of aromatic nitrogens is 3. The van der Waals surface area contributed by atoms with Gasteiger partial charge in [0.1, 0.15) is 11.4 Å². The molecule has 1 N–H and O–H groups in total. The molecule has 0 fully saturated rings. The Hall–Kier alpha value is -5.22. The largest absolute Gasteiger partial charge is 0.507 e. The number of pyridine rings is 2. The normalized spacial score (nSPS) is 12.3. The summed E-state index contributed by atoms with van der Waals surface area (Å²) in [5.41, 5.74) is 9.48. The summed E-state index contributed by atoms with van der Waals surface area (Å²) in [6, 6.07) is 37.8. The molecule has 0 atom stereocenters. The fourth-order valence-electron chi connectivity index (χ4n) is 6.42. The van der Waals surface area contributed by atoms with E-state index in [9.17, 15) is 5.11 Å². The second-order valence-electron chi connectivity index (χ2n) is 12.1. The highest BCUT2D eigenvalue weighted by Crippen LogP contribution is 2.42. The smallest absolute Gasteiger partial charge is 0.145 e. The van der Waals surface area contributed by atoms with Crippen LogP contribution in [0.2, 0.25) is 0 Å². The maximum atomic E-state index is 11.4. The van der Waals surface area contributed by atoms with Crippen molar-refractivity contribution in [2.75, 3.05) is 0 Å². The van der Waals surface area contributed by atoms with Crippen LogP contribution in [-0.4, -0.2) is 19.5 Å². The van der Waals surface area contributed by atoms with E-state index in [1.807, 2.05) is 36.5 Å². The number of phenols is 1. The van der Waals surface area contributed by atoms with Crippen LogP contribution >= 0.6 is 0 Å². The molecule has 4 nitrogen and oxygen atoms in total. The van der Waals surface area contributed by atoms with E-state index in [0.717, 1.165) is 55.8 Å². The van der Waals surface area contributed by atoms with E-state index in [4.69, 9.17) is 9.97 Å². The lowest BCUT2D eigenvalue weighted by Crippen LogP contribution is -2.11. The van der Waals surface area contributed by atoms with Crippen molar-refractivity contribution in [2.45, 2.75) is 26.2 Å². The Morgan fingerprint density at radius 1 is 0.619 bits per heavy atom. The van der Waals surface area contributed by atoms with Crippen LogP contribution in [0.1, 0.15) is 26.3 Å². The van der Waals surface area contributed by atoms with Crippen molar-refractivity contribution in [1.29, 1.82) is 0 Å². The van der Waals surface area contributed by atoms with Crippen molar-refractivity contribution in [3.8, 4) is 39.4 Å². The van der Waals surface area contributed by atoms with E-state index in [1.54, 1.807) is 0 Å². The van der Waals surface area contributed by atoms with Gasteiger partial charge in [0.2, 0.25) is 0 Å². The third-order valence-corrected chi connectivity index (χ3v) is 8.43. The number of phenolic OH excluding ortho intramolecular Hbond substituents is 1. The summed E-state index contributed by atoms with van der Waals surface area (Å²) in [5, 5.41) is 16.2. The summed E-state index contributed by atoms with van der Waals surface area (Å²) in [6.07, 6.45) is 1.86. The Bertz CT molecular complexity index is 2290. The number of aromatic hydroxyl groups is 1. The fraction of sp³-hybridized carbons (Fsp3) is 0.105. The van der Waals surface area contributed by atoms with Gasteiger partial charge in [-0.15, -0.1) is 0 Å². The van der Waals surface area contributed by atoms with Crippen molar-refractivity contribution in [2.24, 2.45) is 0 Å². The second-order valence-corrected chi connectivity index (χ2v) is 12.1. The molecule has 0 saturated carbocycles. The minimum atomic E-state index is -0.201. The van der Waals surface area contributed by atoms with Crippen molar-refractivity contribution in [3.63, 3.8) is 0 Å². The Labute approximate surface area is 243 Å². The first kappa shape index (κ1) is 24.6. The molecule has 8 aromatic rings. The Kier molecular flexibility index (Phi) is 5.20. The molecule has 0 aliphatic carbocycles. The number of rotatable bonds is 3. The fourth-order valence-corrected chi connectivity index (χ4v) is 6.42. The lowest BCUT2D eigenvalue weighted by atomic mass is 9.84. The lowest BCUT2D eigenvalue weighted by molar-refractivity contribution is 0.448. The monoisotopic (exact) mass is 543 g/mol. The molecule has 0 aliphatic rings. The van der Waals surface area contributed by atoms with Crippen LogP contribution < -0.4 is 0 Å². The third-order valence-electron chi connectivity index (χ3n) is 8.43. The second kappa shape index (κ2) is 8.89. The van der Waals surface area contributed by atoms with Gasteiger partial charge in [-0.3, -0.25) is 4.40 Å². The molecule has 4 aromatic heterocycles. The molecule has 42 heavy (non-hydrogen) atoms. The molecule has 0 saturated heterocycles. The highest BCUT2D eigenvalue weighted by molar-refractivity contribution is 6.22. The standard InChI is InChI=1S/C38H29N3O/c1-38(2,3)31-16-8-14-30(36(31)42)33-21-25(23-10-5-4-6-11-23)20-32(40-33)24-17-18-26-27-12-7-13-28-29-15-9-19-39-37(29)41(35(27)28)34(26)22-24/h4-22,42H,1-3H3. The zero-order chi connectivity index (χ0) is 28.6. The summed E-state index contributed by atoms with van der Waals surface area (Å²) in [6.45, 7) is 6.35. The molecule has 4 heterocycles.